The first kappa shape index (κ1) is 23.6. The Morgan fingerprint density at radius 1 is 1.17 bits per heavy atom. The van der Waals surface area contributed by atoms with Crippen LogP contribution in [0.4, 0.5) is 8.78 Å². The van der Waals surface area contributed by atoms with E-state index in [0.717, 1.165) is 36.5 Å². The van der Waals surface area contributed by atoms with Gasteiger partial charge in [-0.05, 0) is 68.9 Å². The van der Waals surface area contributed by atoms with Crippen molar-refractivity contribution in [2.75, 3.05) is 6.61 Å². The van der Waals surface area contributed by atoms with Gasteiger partial charge in [0.1, 0.15) is 5.75 Å². The summed E-state index contributed by atoms with van der Waals surface area (Å²) in [6.07, 6.45) is 13.7. The van der Waals surface area contributed by atoms with Gasteiger partial charge in [-0.2, -0.15) is 8.78 Å². The van der Waals surface area contributed by atoms with Crippen molar-refractivity contribution in [3.8, 4) is 5.75 Å². The summed E-state index contributed by atoms with van der Waals surface area (Å²) in [5.74, 6) is -2.80. The van der Waals surface area contributed by atoms with E-state index in [1.807, 2.05) is 38.2 Å². The summed E-state index contributed by atoms with van der Waals surface area (Å²) in [5, 5.41) is 0. The molecule has 162 valence electrons. The van der Waals surface area contributed by atoms with E-state index in [-0.39, 0.29) is 12.1 Å². The molecule has 0 saturated heterocycles. The lowest BCUT2D eigenvalue weighted by molar-refractivity contribution is -0.147. The maximum absolute atomic E-state index is 14.1. The van der Waals surface area contributed by atoms with E-state index in [2.05, 4.69) is 0 Å². The van der Waals surface area contributed by atoms with Crippen molar-refractivity contribution in [3.63, 3.8) is 0 Å². The first-order valence-corrected chi connectivity index (χ1v) is 10.3. The second-order valence-electron chi connectivity index (χ2n) is 7.43. The number of esters is 1. The molecule has 0 aliphatic heterocycles. The number of hydrogen-bond acceptors (Lipinski definition) is 3. The average Bonchev–Trinajstić information content (AvgIpc) is 3.15. The molecule has 0 N–H and O–H groups in total. The highest BCUT2D eigenvalue weighted by Crippen LogP contribution is 2.26. The zero-order valence-corrected chi connectivity index (χ0v) is 17.7. The van der Waals surface area contributed by atoms with E-state index in [9.17, 15) is 13.6 Å². The van der Waals surface area contributed by atoms with Crippen molar-refractivity contribution in [2.24, 2.45) is 0 Å². The third-order valence-corrected chi connectivity index (χ3v) is 4.38. The van der Waals surface area contributed by atoms with Crippen molar-refractivity contribution in [3.05, 3.63) is 77.9 Å². The van der Waals surface area contributed by atoms with Gasteiger partial charge in [0.05, 0.1) is 6.10 Å². The fraction of sp³-hybridized carbons (Fsp3) is 0.400. The van der Waals surface area contributed by atoms with Crippen LogP contribution in [0.1, 0.15) is 46.0 Å². The van der Waals surface area contributed by atoms with Gasteiger partial charge in [0.25, 0.3) is 5.92 Å². The molecule has 0 saturated carbocycles. The molecule has 1 aliphatic carbocycles. The smallest absolute Gasteiger partial charge is 0.306 e. The highest BCUT2D eigenvalue weighted by Gasteiger charge is 2.26. The molecule has 5 heteroatoms. The first-order chi connectivity index (χ1) is 14.4. The number of para-hydroxylation sites is 1. The SMILES string of the molecule is CC(C)OC(=O)CCC/C=C\CC1=CCC=C1/C=C/C(F)(F)COc1ccccc1. The highest BCUT2D eigenvalue weighted by molar-refractivity contribution is 5.69. The van der Waals surface area contributed by atoms with E-state index in [1.54, 1.807) is 30.3 Å². The minimum Gasteiger partial charge on any atom is -0.487 e. The molecule has 0 radical (unpaired) electrons. The summed E-state index contributed by atoms with van der Waals surface area (Å²) < 4.78 is 38.5. The number of rotatable bonds is 12. The lowest BCUT2D eigenvalue weighted by Gasteiger charge is -2.13. The molecule has 30 heavy (non-hydrogen) atoms. The number of ether oxygens (including phenoxy) is 2. The van der Waals surface area contributed by atoms with Gasteiger partial charge in [0, 0.05) is 6.42 Å². The first-order valence-electron chi connectivity index (χ1n) is 10.3. The number of halogens is 2. The van der Waals surface area contributed by atoms with Crippen molar-refractivity contribution >= 4 is 5.97 Å². The molecule has 0 amide bonds. The van der Waals surface area contributed by atoms with E-state index in [4.69, 9.17) is 9.47 Å². The molecule has 0 atom stereocenters. The van der Waals surface area contributed by atoms with Crippen LogP contribution in [0.2, 0.25) is 0 Å². The zero-order chi connectivity index (χ0) is 21.8. The molecule has 1 aromatic rings. The van der Waals surface area contributed by atoms with Crippen LogP contribution in [0.5, 0.6) is 5.75 Å². The maximum atomic E-state index is 14.1. The molecule has 0 bridgehead atoms. The van der Waals surface area contributed by atoms with Crippen molar-refractivity contribution in [2.45, 2.75) is 58.0 Å². The van der Waals surface area contributed by atoms with Crippen LogP contribution in [-0.2, 0) is 9.53 Å². The molecule has 0 fully saturated rings. The fourth-order valence-electron chi connectivity index (χ4n) is 2.92. The van der Waals surface area contributed by atoms with Gasteiger partial charge < -0.3 is 9.47 Å². The number of hydrogen-bond donors (Lipinski definition) is 0. The Morgan fingerprint density at radius 2 is 1.93 bits per heavy atom. The summed E-state index contributed by atoms with van der Waals surface area (Å²) >= 11 is 0. The molecule has 3 nitrogen and oxygen atoms in total. The lowest BCUT2D eigenvalue weighted by Crippen LogP contribution is -2.22. The van der Waals surface area contributed by atoms with Gasteiger partial charge in [0.15, 0.2) is 6.61 Å². The van der Waals surface area contributed by atoms with Crippen LogP contribution in [0.25, 0.3) is 0 Å². The Hall–Kier alpha value is -2.69. The van der Waals surface area contributed by atoms with Crippen LogP contribution < -0.4 is 4.74 Å². The van der Waals surface area contributed by atoms with E-state index in [1.165, 1.54) is 6.08 Å². The normalized spacial score (nSPS) is 14.4. The quantitative estimate of drug-likeness (QED) is 0.219. The van der Waals surface area contributed by atoms with Crippen LogP contribution in [0.3, 0.4) is 0 Å². The summed E-state index contributed by atoms with van der Waals surface area (Å²) in [6, 6.07) is 8.60. The van der Waals surface area contributed by atoms with E-state index >= 15 is 0 Å². The monoisotopic (exact) mass is 416 g/mol. The zero-order valence-electron chi connectivity index (χ0n) is 17.7. The van der Waals surface area contributed by atoms with E-state index in [0.29, 0.717) is 18.6 Å². The molecule has 1 aliphatic rings. The van der Waals surface area contributed by atoms with Crippen LogP contribution in [-0.4, -0.2) is 24.6 Å². The maximum Gasteiger partial charge on any atom is 0.306 e. The van der Waals surface area contributed by atoms with Crippen molar-refractivity contribution in [1.29, 1.82) is 0 Å². The molecule has 0 heterocycles. The van der Waals surface area contributed by atoms with Crippen LogP contribution >= 0.6 is 0 Å². The molecular formula is C25H30F2O3. The molecule has 0 spiro atoms. The number of allylic oxidation sites excluding steroid dienone is 7. The minimum atomic E-state index is -3.05. The third kappa shape index (κ3) is 9.21. The second kappa shape index (κ2) is 12.1. The predicted octanol–water partition coefficient (Wildman–Crippen LogP) is 6.58. The molecule has 2 rings (SSSR count). The third-order valence-electron chi connectivity index (χ3n) is 4.38. The molecule has 0 aromatic heterocycles. The standard InChI is InChI=1S/C25H30F2O3/c1-20(2)30-24(28)16-9-4-3-6-11-21-12-10-13-22(21)17-18-25(26,27)19-29-23-14-7-5-8-15-23/h3,5-8,12-15,17-18,20H,4,9-11,16,19H2,1-2H3/b6-3-,18-17+. The van der Waals surface area contributed by atoms with Gasteiger partial charge in [-0.25, -0.2) is 0 Å². The Bertz CT molecular complexity index is 790. The van der Waals surface area contributed by atoms with Crippen LogP contribution in [0.15, 0.2) is 77.9 Å². The Morgan fingerprint density at radius 3 is 2.67 bits per heavy atom. The molecule has 1 aromatic carbocycles. The molecule has 0 unspecified atom stereocenters. The topological polar surface area (TPSA) is 35.5 Å². The second-order valence-corrected chi connectivity index (χ2v) is 7.43. The summed E-state index contributed by atoms with van der Waals surface area (Å²) in [4.78, 5) is 11.5. The highest BCUT2D eigenvalue weighted by atomic mass is 19.3. The fourth-order valence-corrected chi connectivity index (χ4v) is 2.92. The van der Waals surface area contributed by atoms with Crippen molar-refractivity contribution in [1.82, 2.24) is 0 Å². The predicted molar refractivity (Wildman–Crippen MR) is 116 cm³/mol. The summed E-state index contributed by atoms with van der Waals surface area (Å²) in [6.45, 7) is 2.97. The average molecular weight is 417 g/mol. The van der Waals surface area contributed by atoms with Gasteiger partial charge in [-0.15, -0.1) is 0 Å². The van der Waals surface area contributed by atoms with Gasteiger partial charge in [0.2, 0.25) is 0 Å². The van der Waals surface area contributed by atoms with E-state index < -0.39 is 12.5 Å². The Kier molecular flexibility index (Phi) is 9.52. The minimum absolute atomic E-state index is 0.0853. The largest absolute Gasteiger partial charge is 0.487 e. The van der Waals surface area contributed by atoms with Gasteiger partial charge in [-0.3, -0.25) is 4.79 Å². The van der Waals surface area contributed by atoms with Gasteiger partial charge in [-0.1, -0.05) is 48.6 Å². The number of alkyl halides is 2. The Labute approximate surface area is 177 Å². The number of carbonyl (C=O) groups excluding carboxylic acids is 1. The van der Waals surface area contributed by atoms with Crippen molar-refractivity contribution < 1.29 is 23.0 Å². The molecular weight excluding hydrogens is 386 g/mol. The number of benzene rings is 1. The summed E-state index contributed by atoms with van der Waals surface area (Å²) in [7, 11) is 0. The lowest BCUT2D eigenvalue weighted by atomic mass is 10.0. The number of carbonyl (C=O) groups is 1. The van der Waals surface area contributed by atoms with Gasteiger partial charge >= 0.3 is 5.97 Å². The summed E-state index contributed by atoms with van der Waals surface area (Å²) in [5.41, 5.74) is 1.85. The Balaban J connectivity index is 1.73. The van der Waals surface area contributed by atoms with Crippen LogP contribution in [0, 0.1) is 0 Å². The number of unbranched alkanes of at least 4 members (excludes halogenated alkanes) is 1.